The zero-order valence-electron chi connectivity index (χ0n) is 23.0. The Hall–Kier alpha value is -4.68. The molecule has 6 amide bonds. The van der Waals surface area contributed by atoms with E-state index < -0.39 is 48.0 Å². The van der Waals surface area contributed by atoms with Crippen molar-refractivity contribution in [2.75, 3.05) is 18.9 Å². The topological polar surface area (TPSA) is 157 Å². The van der Waals surface area contributed by atoms with Crippen LogP contribution in [0.5, 0.6) is 0 Å². The molecule has 222 valence electrons. The summed E-state index contributed by atoms with van der Waals surface area (Å²) in [6, 6.07) is 9.83. The molecule has 0 unspecified atom stereocenters. The summed E-state index contributed by atoms with van der Waals surface area (Å²) in [7, 11) is 1.49. The maximum Gasteiger partial charge on any atom is 0.418 e. The van der Waals surface area contributed by atoms with Crippen LogP contribution in [0.3, 0.4) is 0 Å². The van der Waals surface area contributed by atoms with Gasteiger partial charge in [-0.15, -0.1) is 0 Å². The van der Waals surface area contributed by atoms with Crippen LogP contribution in [0.4, 0.5) is 24.5 Å². The number of nitrogens with one attached hydrogen (secondary N) is 3. The van der Waals surface area contributed by atoms with Crippen molar-refractivity contribution in [1.29, 1.82) is 0 Å². The zero-order valence-corrected chi connectivity index (χ0v) is 23.0. The number of halogens is 1. The summed E-state index contributed by atoms with van der Waals surface area (Å²) >= 11 is 0. The maximum atomic E-state index is 13.7. The van der Waals surface area contributed by atoms with Gasteiger partial charge in [-0.3, -0.25) is 9.59 Å². The highest BCUT2D eigenvalue weighted by Crippen LogP contribution is 2.46. The van der Waals surface area contributed by atoms with E-state index in [0.29, 0.717) is 48.9 Å². The zero-order chi connectivity index (χ0) is 30.0. The van der Waals surface area contributed by atoms with Gasteiger partial charge in [0, 0.05) is 43.3 Å². The highest BCUT2D eigenvalue weighted by atomic mass is 19.1. The van der Waals surface area contributed by atoms with E-state index in [1.807, 2.05) is 0 Å². The lowest BCUT2D eigenvalue weighted by Gasteiger charge is -2.37. The molecule has 42 heavy (non-hydrogen) atoms. The van der Waals surface area contributed by atoms with Gasteiger partial charge in [0.1, 0.15) is 12.4 Å². The Morgan fingerprint density at radius 2 is 1.81 bits per heavy atom. The normalized spacial score (nSPS) is 22.9. The highest BCUT2D eigenvalue weighted by Gasteiger charge is 2.58. The second-order valence-electron chi connectivity index (χ2n) is 10.8. The molecule has 12 nitrogen and oxygen atoms in total. The van der Waals surface area contributed by atoms with Crippen LogP contribution in [0.25, 0.3) is 0 Å². The molecule has 2 aromatic rings. The fraction of sp³-hybridized carbons (Fsp3) is 0.414. The molecule has 2 aliphatic carbocycles. The first-order valence-corrected chi connectivity index (χ1v) is 13.8. The molecule has 1 aliphatic heterocycles. The number of rotatable bonds is 7. The summed E-state index contributed by atoms with van der Waals surface area (Å²) < 4.78 is 19.2. The number of hydrogen-bond donors (Lipinski definition) is 4. The van der Waals surface area contributed by atoms with E-state index in [1.54, 1.807) is 35.2 Å². The molecule has 13 heteroatoms. The predicted molar refractivity (Wildman–Crippen MR) is 147 cm³/mol. The van der Waals surface area contributed by atoms with Crippen LogP contribution >= 0.6 is 0 Å². The van der Waals surface area contributed by atoms with Crippen LogP contribution in [-0.4, -0.2) is 70.6 Å². The molecule has 1 atom stereocenters. The third-order valence-corrected chi connectivity index (χ3v) is 8.19. The minimum absolute atomic E-state index is 0.132. The fourth-order valence-electron chi connectivity index (χ4n) is 6.06. The summed E-state index contributed by atoms with van der Waals surface area (Å²) in [4.78, 5) is 65.7. The molecule has 5 rings (SSSR count). The second-order valence-corrected chi connectivity index (χ2v) is 10.8. The molecule has 0 radical (unpaired) electrons. The van der Waals surface area contributed by atoms with E-state index in [2.05, 4.69) is 16.0 Å². The molecular weight excluding hydrogens is 549 g/mol. The van der Waals surface area contributed by atoms with Gasteiger partial charge < -0.3 is 30.7 Å². The van der Waals surface area contributed by atoms with Gasteiger partial charge >= 0.3 is 18.2 Å². The third kappa shape index (κ3) is 5.71. The lowest BCUT2D eigenvalue weighted by atomic mass is 9.89. The molecule has 0 aromatic heterocycles. The van der Waals surface area contributed by atoms with Crippen LogP contribution in [0, 0.1) is 5.82 Å². The number of aryl methyl sites for hydroxylation is 1. The minimum Gasteiger partial charge on any atom is -0.465 e. The monoisotopic (exact) mass is 581 g/mol. The number of imide groups is 1. The lowest BCUT2D eigenvalue weighted by molar-refractivity contribution is -0.143. The Labute approximate surface area is 241 Å². The van der Waals surface area contributed by atoms with Gasteiger partial charge in [0.15, 0.2) is 0 Å². The van der Waals surface area contributed by atoms with Crippen molar-refractivity contribution in [3.63, 3.8) is 0 Å². The standard InChI is InChI=1S/C29H32FN5O7/c1-31-26(38)32-21-8-11-23-18(14-21)12-13-29(23)25(37)35(28(41)42-29)16-24(36)34(15-17-2-4-19(30)5-3-17)22-9-6-20(7-10-22)33-27(39)40/h2-5,8,11,14,20,22,33H,6-7,9-10,12-13,15-16H2,1H3,(H,39,40)(H2,31,32,38)/t20?,22?,29-/m1/s1. The average Bonchev–Trinajstić information content (AvgIpc) is 3.44. The maximum absolute atomic E-state index is 13.7. The van der Waals surface area contributed by atoms with E-state index in [9.17, 15) is 28.4 Å². The van der Waals surface area contributed by atoms with Crippen LogP contribution in [0.2, 0.25) is 0 Å². The number of ether oxygens (including phenoxy) is 1. The number of carboxylic acid groups (broad SMARTS) is 1. The molecule has 2 fully saturated rings. The number of anilines is 1. The Kier molecular flexibility index (Phi) is 8.01. The number of urea groups is 1. The van der Waals surface area contributed by atoms with Crippen LogP contribution in [0.15, 0.2) is 42.5 Å². The van der Waals surface area contributed by atoms with Crippen molar-refractivity contribution in [1.82, 2.24) is 20.4 Å². The van der Waals surface area contributed by atoms with Crippen LogP contribution < -0.4 is 16.0 Å². The summed E-state index contributed by atoms with van der Waals surface area (Å²) in [6.45, 7) is -0.396. The number of carbonyl (C=O) groups is 5. The fourth-order valence-corrected chi connectivity index (χ4v) is 6.06. The van der Waals surface area contributed by atoms with Crippen molar-refractivity contribution >= 4 is 35.7 Å². The van der Waals surface area contributed by atoms with Gasteiger partial charge in [-0.2, -0.15) is 0 Å². The summed E-state index contributed by atoms with van der Waals surface area (Å²) in [5.74, 6) is -1.51. The van der Waals surface area contributed by atoms with Crippen molar-refractivity contribution in [3.05, 3.63) is 65.0 Å². The average molecular weight is 582 g/mol. The van der Waals surface area contributed by atoms with Crippen LogP contribution in [-0.2, 0) is 32.9 Å². The first kappa shape index (κ1) is 28.8. The molecule has 1 saturated heterocycles. The SMILES string of the molecule is CNC(=O)Nc1ccc2c(c1)CC[C@@]21OC(=O)N(CC(=O)N(Cc2ccc(F)cc2)C2CCC(NC(=O)O)CC2)C1=O. The summed E-state index contributed by atoms with van der Waals surface area (Å²) in [5.41, 5.74) is 0.932. The smallest absolute Gasteiger partial charge is 0.418 e. The van der Waals surface area contributed by atoms with Crippen molar-refractivity contribution < 1.29 is 38.2 Å². The van der Waals surface area contributed by atoms with Gasteiger partial charge in [-0.25, -0.2) is 23.7 Å². The largest absolute Gasteiger partial charge is 0.465 e. The minimum atomic E-state index is -1.54. The number of carbonyl (C=O) groups excluding carboxylic acids is 4. The van der Waals surface area contributed by atoms with Crippen molar-refractivity contribution in [2.24, 2.45) is 0 Å². The number of amides is 6. The molecule has 3 aliphatic rings. The Morgan fingerprint density at radius 3 is 2.48 bits per heavy atom. The lowest BCUT2D eigenvalue weighted by Crippen LogP contribution is -2.50. The molecule has 2 aromatic carbocycles. The van der Waals surface area contributed by atoms with E-state index in [1.165, 1.54) is 19.2 Å². The van der Waals surface area contributed by atoms with Gasteiger partial charge in [-0.05, 0) is 67.5 Å². The Bertz CT molecular complexity index is 1410. The van der Waals surface area contributed by atoms with Gasteiger partial charge in [0.2, 0.25) is 11.5 Å². The number of benzene rings is 2. The number of nitrogens with zero attached hydrogens (tertiary/aromatic N) is 2. The van der Waals surface area contributed by atoms with Gasteiger partial charge in [0.25, 0.3) is 5.91 Å². The highest BCUT2D eigenvalue weighted by molar-refractivity contribution is 6.06. The van der Waals surface area contributed by atoms with Gasteiger partial charge in [0.05, 0.1) is 0 Å². The van der Waals surface area contributed by atoms with Crippen LogP contribution in [0.1, 0.15) is 48.8 Å². The van der Waals surface area contributed by atoms with Crippen molar-refractivity contribution in [3.8, 4) is 0 Å². The summed E-state index contributed by atoms with van der Waals surface area (Å²) in [6.07, 6.45) is 0.691. The first-order chi connectivity index (χ1) is 20.1. The number of hydrogen-bond acceptors (Lipinski definition) is 6. The van der Waals surface area contributed by atoms with E-state index in [-0.39, 0.29) is 25.0 Å². The molecule has 0 bridgehead atoms. The molecule has 1 heterocycles. The van der Waals surface area contributed by atoms with E-state index in [4.69, 9.17) is 9.84 Å². The second kappa shape index (κ2) is 11.7. The molecule has 1 spiro atoms. The quantitative estimate of drug-likeness (QED) is 0.391. The Balaban J connectivity index is 1.33. The summed E-state index contributed by atoms with van der Waals surface area (Å²) in [5, 5.41) is 16.7. The first-order valence-electron chi connectivity index (χ1n) is 13.8. The Morgan fingerprint density at radius 1 is 1.10 bits per heavy atom. The molecular formula is C29H32FN5O7. The number of fused-ring (bicyclic) bond motifs is 2. The van der Waals surface area contributed by atoms with Crippen molar-refractivity contribution in [2.45, 2.75) is 62.8 Å². The molecule has 1 saturated carbocycles. The predicted octanol–water partition coefficient (Wildman–Crippen LogP) is 3.30. The van der Waals surface area contributed by atoms with E-state index >= 15 is 0 Å². The van der Waals surface area contributed by atoms with Gasteiger partial charge in [-0.1, -0.05) is 18.2 Å². The molecule has 4 N–H and O–H groups in total. The third-order valence-electron chi connectivity index (χ3n) is 8.19. The van der Waals surface area contributed by atoms with E-state index in [0.717, 1.165) is 10.5 Å².